The fourth-order valence-electron chi connectivity index (χ4n) is 13.5. The van der Waals surface area contributed by atoms with Crippen molar-refractivity contribution in [1.29, 1.82) is 0 Å². The predicted octanol–water partition coefficient (Wildman–Crippen LogP) is 1.29. The number of carbonyl (C=O) groups excluding carboxylic acids is 1. The van der Waals surface area contributed by atoms with Crippen LogP contribution in [-0.4, -0.2) is 139 Å². The van der Waals surface area contributed by atoms with Gasteiger partial charge in [-0.3, -0.25) is 4.79 Å². The first kappa shape index (κ1) is 42.8. The summed E-state index contributed by atoms with van der Waals surface area (Å²) in [7, 11) is 0. The molecule has 2 heterocycles. The lowest BCUT2D eigenvalue weighted by molar-refractivity contribution is -0.329. The Hall–Kier alpha value is -1.27. The zero-order valence-corrected chi connectivity index (χ0v) is 34.1. The highest BCUT2D eigenvalue weighted by molar-refractivity contribution is 5.80. The van der Waals surface area contributed by atoms with Crippen LogP contribution in [0.5, 0.6) is 0 Å². The van der Waals surface area contributed by atoms with Crippen LogP contribution in [0.1, 0.15) is 106 Å². The highest BCUT2D eigenvalue weighted by atomic mass is 16.7. The molecule has 19 atom stereocenters. The van der Waals surface area contributed by atoms with E-state index in [1.807, 2.05) is 0 Å². The third-order valence-corrected chi connectivity index (χ3v) is 17.2. The number of hydrogen-bond acceptors (Lipinski definition) is 14. The Balaban J connectivity index is 1.15. The van der Waals surface area contributed by atoms with E-state index in [2.05, 4.69) is 54.5 Å². The maximum atomic E-state index is 14.8. The summed E-state index contributed by atoms with van der Waals surface area (Å²) in [6.45, 7) is 14.6. The fourth-order valence-corrected chi connectivity index (χ4v) is 13.5. The molecule has 0 unspecified atom stereocenters. The van der Waals surface area contributed by atoms with Gasteiger partial charge in [-0.15, -0.1) is 0 Å². The number of carbonyl (C=O) groups is 1. The minimum absolute atomic E-state index is 0.00601. The van der Waals surface area contributed by atoms with Crippen LogP contribution in [0.25, 0.3) is 0 Å². The van der Waals surface area contributed by atoms with E-state index in [4.69, 9.17) is 18.9 Å². The Bertz CT molecular complexity index is 1520. The lowest BCUT2D eigenvalue weighted by atomic mass is 9.33. The summed E-state index contributed by atoms with van der Waals surface area (Å²) in [5.74, 6) is -0.449. The van der Waals surface area contributed by atoms with Crippen molar-refractivity contribution in [3.63, 3.8) is 0 Å². The van der Waals surface area contributed by atoms with E-state index in [9.17, 15) is 50.8 Å². The predicted molar refractivity (Wildman–Crippen MR) is 199 cm³/mol. The Morgan fingerprint density at radius 2 is 1.34 bits per heavy atom. The van der Waals surface area contributed by atoms with E-state index in [1.54, 1.807) is 0 Å². The van der Waals surface area contributed by atoms with Gasteiger partial charge in [-0.1, -0.05) is 60.1 Å². The van der Waals surface area contributed by atoms with Crippen molar-refractivity contribution < 1.29 is 69.7 Å². The summed E-state index contributed by atoms with van der Waals surface area (Å²) < 4.78 is 22.8. The molecular weight excluding hydrogens is 728 g/mol. The van der Waals surface area contributed by atoms with Crippen LogP contribution in [-0.2, 0) is 23.7 Å². The Morgan fingerprint density at radius 1 is 0.714 bits per heavy atom. The molecular formula is C42H68O14. The van der Waals surface area contributed by atoms with E-state index in [0.29, 0.717) is 37.5 Å². The molecule has 6 fully saturated rings. The Labute approximate surface area is 330 Å². The van der Waals surface area contributed by atoms with Crippen LogP contribution < -0.4 is 0 Å². The van der Waals surface area contributed by atoms with Crippen molar-refractivity contribution in [2.45, 2.75) is 180 Å². The second kappa shape index (κ2) is 14.4. The van der Waals surface area contributed by atoms with Gasteiger partial charge in [-0.2, -0.15) is 0 Å². The highest BCUT2D eigenvalue weighted by Crippen LogP contribution is 2.76. The number of fused-ring (bicyclic) bond motifs is 7. The summed E-state index contributed by atoms with van der Waals surface area (Å²) >= 11 is 0. The summed E-state index contributed by atoms with van der Waals surface area (Å²) in [6.07, 6.45) is -9.07. The quantitative estimate of drug-likeness (QED) is 0.136. The van der Waals surface area contributed by atoms with E-state index in [-0.39, 0.29) is 33.7 Å². The minimum atomic E-state index is -1.85. The normalized spacial score (nSPS) is 53.7. The number of hydrogen-bond donors (Lipinski definition) is 9. The second-order valence-corrected chi connectivity index (χ2v) is 20.8. The summed E-state index contributed by atoms with van der Waals surface area (Å²) in [5.41, 5.74) is -1.17. The van der Waals surface area contributed by atoms with Gasteiger partial charge >= 0.3 is 5.97 Å². The van der Waals surface area contributed by atoms with Gasteiger partial charge in [-0.05, 0) is 103 Å². The smallest absolute Gasteiger partial charge is 0.317 e. The van der Waals surface area contributed by atoms with Crippen molar-refractivity contribution in [1.82, 2.24) is 0 Å². The Kier molecular flexibility index (Phi) is 11.0. The number of ether oxygens (including phenoxy) is 4. The minimum Gasteiger partial charge on any atom is -0.432 e. The topological polar surface area (TPSA) is 236 Å². The van der Waals surface area contributed by atoms with Gasteiger partial charge in [0.1, 0.15) is 54.2 Å². The summed E-state index contributed by atoms with van der Waals surface area (Å²) in [5, 5.41) is 96.7. The van der Waals surface area contributed by atoms with Crippen LogP contribution in [0.4, 0.5) is 0 Å². The monoisotopic (exact) mass is 796 g/mol. The standard InChI is InChI=1S/C42H68O14/c1-37(2)14-15-42(36(52)56-35-33(51)31(49)29(47)23(55-35)19-53-34-32(50)30(48)28(46)22(18-43)54-34)21(16-37)20-8-9-25-39(5)12-11-26(44)38(3,4)24(39)10-13-40(25,6)41(20,7)17-27(42)45/h8,21-35,43-51H,9-19H2,1-7H3/t21-,22+,23+,24-,25+,26-,27+,28+,29+,30-,31-,32+,33+,34+,35-,39-,40+,41+,42+/m0/s1. The maximum Gasteiger partial charge on any atom is 0.317 e. The van der Waals surface area contributed by atoms with Crippen molar-refractivity contribution in [3.8, 4) is 0 Å². The van der Waals surface area contributed by atoms with E-state index >= 15 is 0 Å². The number of aliphatic hydroxyl groups excluding tert-OH is 9. The van der Waals surface area contributed by atoms with Gasteiger partial charge in [0, 0.05) is 0 Å². The zero-order chi connectivity index (χ0) is 41.1. The van der Waals surface area contributed by atoms with Gasteiger partial charge in [0.05, 0.1) is 25.4 Å². The first-order valence-corrected chi connectivity index (χ1v) is 20.9. The molecule has 5 aliphatic carbocycles. The van der Waals surface area contributed by atoms with E-state index in [0.717, 1.165) is 32.1 Å². The lowest BCUT2D eigenvalue weighted by Gasteiger charge is -2.71. The van der Waals surface area contributed by atoms with Crippen LogP contribution >= 0.6 is 0 Å². The van der Waals surface area contributed by atoms with E-state index in [1.165, 1.54) is 5.57 Å². The van der Waals surface area contributed by atoms with Crippen LogP contribution in [0, 0.1) is 50.2 Å². The number of aliphatic hydroxyl groups is 9. The average Bonchev–Trinajstić information content (AvgIpc) is 3.12. The van der Waals surface area contributed by atoms with Crippen LogP contribution in [0.2, 0.25) is 0 Å². The summed E-state index contributed by atoms with van der Waals surface area (Å²) in [6, 6.07) is 0. The first-order chi connectivity index (χ1) is 26.0. The van der Waals surface area contributed by atoms with Gasteiger partial charge in [0.15, 0.2) is 6.29 Å². The molecule has 2 saturated heterocycles. The molecule has 0 aromatic rings. The third-order valence-electron chi connectivity index (χ3n) is 17.2. The van der Waals surface area contributed by atoms with Crippen LogP contribution in [0.15, 0.2) is 11.6 Å². The van der Waals surface area contributed by atoms with Gasteiger partial charge in [0.2, 0.25) is 6.29 Å². The molecule has 9 N–H and O–H groups in total. The molecule has 56 heavy (non-hydrogen) atoms. The highest BCUT2D eigenvalue weighted by Gasteiger charge is 2.71. The molecule has 0 amide bonds. The number of allylic oxidation sites excluding steroid dienone is 2. The van der Waals surface area contributed by atoms with Gasteiger partial charge in [-0.25, -0.2) is 0 Å². The van der Waals surface area contributed by atoms with Crippen LogP contribution in [0.3, 0.4) is 0 Å². The molecule has 0 aromatic carbocycles. The molecule has 7 rings (SSSR count). The molecule has 320 valence electrons. The fraction of sp³-hybridized carbons (Fsp3) is 0.929. The molecule has 0 radical (unpaired) electrons. The molecule has 14 nitrogen and oxygen atoms in total. The van der Waals surface area contributed by atoms with Crippen molar-refractivity contribution in [2.24, 2.45) is 50.2 Å². The third kappa shape index (κ3) is 6.21. The zero-order valence-electron chi connectivity index (χ0n) is 34.1. The van der Waals surface area contributed by atoms with E-state index < -0.39 is 97.5 Å². The Morgan fingerprint density at radius 3 is 2.00 bits per heavy atom. The molecule has 0 aromatic heterocycles. The van der Waals surface area contributed by atoms with Gasteiger partial charge in [0.25, 0.3) is 0 Å². The van der Waals surface area contributed by atoms with Crippen molar-refractivity contribution in [2.75, 3.05) is 13.2 Å². The lowest BCUT2D eigenvalue weighted by Crippen LogP contribution is -2.68. The number of esters is 1. The second-order valence-electron chi connectivity index (χ2n) is 20.8. The molecule has 7 aliphatic rings. The molecule has 0 bridgehead atoms. The molecule has 2 aliphatic heterocycles. The summed E-state index contributed by atoms with van der Waals surface area (Å²) in [4.78, 5) is 14.8. The molecule has 14 heteroatoms. The maximum absolute atomic E-state index is 14.8. The molecule has 4 saturated carbocycles. The first-order valence-electron chi connectivity index (χ1n) is 20.9. The van der Waals surface area contributed by atoms with Crippen molar-refractivity contribution >= 4 is 5.97 Å². The largest absolute Gasteiger partial charge is 0.432 e. The number of rotatable bonds is 6. The average molecular weight is 797 g/mol. The molecule has 0 spiro atoms. The van der Waals surface area contributed by atoms with Gasteiger partial charge < -0.3 is 64.9 Å². The van der Waals surface area contributed by atoms with Crippen molar-refractivity contribution in [3.05, 3.63) is 11.6 Å². The SMILES string of the molecule is CC1(C)CC[C@]2(C(=O)O[C@@H]3O[C@H](CO[C@@H]4O[C@H](CO)[C@@H](O)[C@H](O)[C@H]4O)[C@@H](O)[C@H](O)[C@H]3O)[C@H](O)C[C@]3(C)C(=CC[C@@H]4[C@@]5(C)CC[C@H](O)C(C)(C)[C@@H]5CC[C@]43C)[C@@H]2C1.